The summed E-state index contributed by atoms with van der Waals surface area (Å²) in [5.41, 5.74) is 2.40. The van der Waals surface area contributed by atoms with E-state index in [1.54, 1.807) is 12.5 Å². The summed E-state index contributed by atoms with van der Waals surface area (Å²) in [5.74, 6) is 0. The summed E-state index contributed by atoms with van der Waals surface area (Å²) in [4.78, 5) is 0. The van der Waals surface area contributed by atoms with Crippen LogP contribution in [0.15, 0.2) is 59.4 Å². The van der Waals surface area contributed by atoms with Gasteiger partial charge in [0, 0.05) is 18.7 Å². The first-order valence-corrected chi connectivity index (χ1v) is 5.38. The first-order valence-electron chi connectivity index (χ1n) is 5.38. The Labute approximate surface area is 95.6 Å². The van der Waals surface area contributed by atoms with Gasteiger partial charge in [0.05, 0.1) is 12.5 Å². The SMILES string of the molecule is C(=C\c1ccccc1)/CNCc1ccoc1. The third-order valence-corrected chi connectivity index (χ3v) is 2.28. The van der Waals surface area contributed by atoms with E-state index in [0.717, 1.165) is 13.1 Å². The number of hydrogen-bond acceptors (Lipinski definition) is 2. The summed E-state index contributed by atoms with van der Waals surface area (Å²) in [6.45, 7) is 1.70. The fourth-order valence-corrected chi connectivity index (χ4v) is 1.45. The van der Waals surface area contributed by atoms with E-state index < -0.39 is 0 Å². The highest BCUT2D eigenvalue weighted by Crippen LogP contribution is 2.01. The van der Waals surface area contributed by atoms with Gasteiger partial charge in [-0.15, -0.1) is 0 Å². The van der Waals surface area contributed by atoms with Crippen molar-refractivity contribution in [2.75, 3.05) is 6.54 Å². The highest BCUT2D eigenvalue weighted by Gasteiger charge is 1.90. The zero-order valence-electron chi connectivity index (χ0n) is 9.10. The molecular weight excluding hydrogens is 198 g/mol. The maximum Gasteiger partial charge on any atom is 0.0947 e. The largest absolute Gasteiger partial charge is 0.472 e. The average Bonchev–Trinajstić information content (AvgIpc) is 2.83. The quantitative estimate of drug-likeness (QED) is 0.772. The molecular formula is C14H15NO. The van der Waals surface area contributed by atoms with E-state index in [-0.39, 0.29) is 0 Å². The van der Waals surface area contributed by atoms with Crippen LogP contribution in [0.5, 0.6) is 0 Å². The molecule has 2 aromatic rings. The summed E-state index contributed by atoms with van der Waals surface area (Å²) in [7, 11) is 0. The average molecular weight is 213 g/mol. The maximum absolute atomic E-state index is 4.98. The Morgan fingerprint density at radius 2 is 2.00 bits per heavy atom. The van der Waals surface area contributed by atoms with E-state index in [0.29, 0.717) is 0 Å². The molecule has 1 heterocycles. The third-order valence-electron chi connectivity index (χ3n) is 2.28. The Bertz CT molecular complexity index is 417. The Hall–Kier alpha value is -1.80. The molecule has 0 aliphatic carbocycles. The summed E-state index contributed by atoms with van der Waals surface area (Å²) >= 11 is 0. The van der Waals surface area contributed by atoms with Crippen molar-refractivity contribution >= 4 is 6.08 Å². The second kappa shape index (κ2) is 5.93. The molecule has 0 unspecified atom stereocenters. The van der Waals surface area contributed by atoms with Crippen LogP contribution in [0, 0.1) is 0 Å². The van der Waals surface area contributed by atoms with Crippen molar-refractivity contribution < 1.29 is 4.42 Å². The van der Waals surface area contributed by atoms with Crippen molar-refractivity contribution in [2.45, 2.75) is 6.54 Å². The molecule has 0 aliphatic rings. The Morgan fingerprint density at radius 1 is 1.12 bits per heavy atom. The van der Waals surface area contributed by atoms with Gasteiger partial charge in [-0.25, -0.2) is 0 Å². The first-order chi connectivity index (χ1) is 7.95. The second-order valence-corrected chi connectivity index (χ2v) is 3.58. The molecule has 0 fully saturated rings. The molecule has 0 spiro atoms. The molecule has 2 nitrogen and oxygen atoms in total. The number of furan rings is 1. The van der Waals surface area contributed by atoms with Crippen molar-refractivity contribution in [1.29, 1.82) is 0 Å². The van der Waals surface area contributed by atoms with Crippen LogP contribution >= 0.6 is 0 Å². The number of hydrogen-bond donors (Lipinski definition) is 1. The van der Waals surface area contributed by atoms with Gasteiger partial charge in [0.1, 0.15) is 0 Å². The van der Waals surface area contributed by atoms with E-state index in [1.807, 2.05) is 24.3 Å². The standard InChI is InChI=1S/C14H15NO/c1-2-5-13(6-3-1)7-4-9-15-11-14-8-10-16-12-14/h1-8,10,12,15H,9,11H2/b7-4+. The zero-order chi connectivity index (χ0) is 11.1. The van der Waals surface area contributed by atoms with Gasteiger partial charge in [0.2, 0.25) is 0 Å². The Kier molecular flexibility index (Phi) is 3.97. The molecule has 0 bridgehead atoms. The van der Waals surface area contributed by atoms with Crippen LogP contribution in [-0.2, 0) is 6.54 Å². The van der Waals surface area contributed by atoms with Crippen LogP contribution in [-0.4, -0.2) is 6.54 Å². The van der Waals surface area contributed by atoms with Gasteiger partial charge in [-0.3, -0.25) is 0 Å². The monoisotopic (exact) mass is 213 g/mol. The second-order valence-electron chi connectivity index (χ2n) is 3.58. The van der Waals surface area contributed by atoms with Crippen molar-refractivity contribution in [1.82, 2.24) is 5.32 Å². The molecule has 0 radical (unpaired) electrons. The van der Waals surface area contributed by atoms with Crippen LogP contribution in [0.3, 0.4) is 0 Å². The van der Waals surface area contributed by atoms with Gasteiger partial charge < -0.3 is 9.73 Å². The Balaban J connectivity index is 1.70. The molecule has 1 aromatic carbocycles. The van der Waals surface area contributed by atoms with Gasteiger partial charge in [0.15, 0.2) is 0 Å². The highest BCUT2D eigenvalue weighted by molar-refractivity contribution is 5.48. The molecule has 0 atom stereocenters. The lowest BCUT2D eigenvalue weighted by molar-refractivity contribution is 0.561. The topological polar surface area (TPSA) is 25.2 Å². The van der Waals surface area contributed by atoms with Gasteiger partial charge >= 0.3 is 0 Å². The molecule has 16 heavy (non-hydrogen) atoms. The molecule has 0 saturated heterocycles. The lowest BCUT2D eigenvalue weighted by Crippen LogP contribution is -2.11. The number of rotatable bonds is 5. The maximum atomic E-state index is 4.98. The van der Waals surface area contributed by atoms with Crippen LogP contribution < -0.4 is 5.32 Å². The van der Waals surface area contributed by atoms with E-state index in [9.17, 15) is 0 Å². The Morgan fingerprint density at radius 3 is 2.75 bits per heavy atom. The summed E-state index contributed by atoms with van der Waals surface area (Å²) < 4.78 is 4.98. The minimum atomic E-state index is 0.843. The summed E-state index contributed by atoms with van der Waals surface area (Å²) in [6, 6.07) is 12.2. The minimum absolute atomic E-state index is 0.843. The molecule has 0 saturated carbocycles. The van der Waals surface area contributed by atoms with Crippen LogP contribution in [0.4, 0.5) is 0 Å². The fraction of sp³-hybridized carbons (Fsp3) is 0.143. The van der Waals surface area contributed by atoms with Gasteiger partial charge in [0.25, 0.3) is 0 Å². The van der Waals surface area contributed by atoms with Crippen molar-refractivity contribution in [3.8, 4) is 0 Å². The summed E-state index contributed by atoms with van der Waals surface area (Å²) in [5, 5.41) is 3.31. The van der Waals surface area contributed by atoms with E-state index in [1.165, 1.54) is 11.1 Å². The molecule has 0 aliphatic heterocycles. The normalized spacial score (nSPS) is 11.0. The predicted octanol–water partition coefficient (Wildman–Crippen LogP) is 3.08. The molecule has 1 N–H and O–H groups in total. The lowest BCUT2D eigenvalue weighted by atomic mass is 10.2. The molecule has 0 amide bonds. The smallest absolute Gasteiger partial charge is 0.0947 e. The predicted molar refractivity (Wildman–Crippen MR) is 65.9 cm³/mol. The minimum Gasteiger partial charge on any atom is -0.472 e. The van der Waals surface area contributed by atoms with Crippen molar-refractivity contribution in [3.63, 3.8) is 0 Å². The number of benzene rings is 1. The lowest BCUT2D eigenvalue weighted by Gasteiger charge is -1.97. The molecule has 82 valence electrons. The van der Waals surface area contributed by atoms with Gasteiger partial charge in [-0.05, 0) is 11.6 Å². The fourth-order valence-electron chi connectivity index (χ4n) is 1.45. The first kappa shape index (κ1) is 10.7. The summed E-state index contributed by atoms with van der Waals surface area (Å²) in [6.07, 6.45) is 7.68. The van der Waals surface area contributed by atoms with Crippen LogP contribution in [0.1, 0.15) is 11.1 Å². The van der Waals surface area contributed by atoms with E-state index >= 15 is 0 Å². The zero-order valence-corrected chi connectivity index (χ0v) is 9.10. The van der Waals surface area contributed by atoms with Crippen LogP contribution in [0.2, 0.25) is 0 Å². The van der Waals surface area contributed by atoms with Gasteiger partial charge in [-0.1, -0.05) is 42.5 Å². The third kappa shape index (κ3) is 3.41. The number of nitrogens with one attached hydrogen (secondary N) is 1. The highest BCUT2D eigenvalue weighted by atomic mass is 16.3. The van der Waals surface area contributed by atoms with Crippen LogP contribution in [0.25, 0.3) is 6.08 Å². The van der Waals surface area contributed by atoms with Crippen molar-refractivity contribution in [3.05, 3.63) is 66.1 Å². The molecule has 2 rings (SSSR count). The molecule has 1 aromatic heterocycles. The van der Waals surface area contributed by atoms with Crippen molar-refractivity contribution in [2.24, 2.45) is 0 Å². The molecule has 2 heteroatoms. The van der Waals surface area contributed by atoms with E-state index in [4.69, 9.17) is 4.42 Å². The van der Waals surface area contributed by atoms with Gasteiger partial charge in [-0.2, -0.15) is 0 Å². The van der Waals surface area contributed by atoms with E-state index in [2.05, 4.69) is 29.6 Å².